The average Bonchev–Trinajstić information content (AvgIpc) is 3.02. The van der Waals surface area contributed by atoms with Crippen LogP contribution in [0.25, 0.3) is 0 Å². The van der Waals surface area contributed by atoms with E-state index in [1.807, 2.05) is 6.08 Å². The van der Waals surface area contributed by atoms with Crippen LogP contribution in [0.5, 0.6) is 0 Å². The molecule has 0 radical (unpaired) electrons. The van der Waals surface area contributed by atoms with Gasteiger partial charge in [0.25, 0.3) is 0 Å². The van der Waals surface area contributed by atoms with Crippen LogP contribution in [0.4, 0.5) is 0 Å². The molecule has 0 amide bonds. The molecule has 1 nitrogen and oxygen atoms in total. The molecule has 0 N–H and O–H groups in total. The molecule has 0 aliphatic heterocycles. The summed E-state index contributed by atoms with van der Waals surface area (Å²) in [7, 11) is 0. The molecule has 0 bridgehead atoms. The monoisotopic (exact) mass is 408 g/mol. The fraction of sp³-hybridized carbons (Fsp3) is 0.759. The zero-order valence-corrected chi connectivity index (χ0v) is 20.6. The molecule has 5 atom stereocenters. The number of carbonyl (C=O) groups excluding carboxylic acids is 1. The van der Waals surface area contributed by atoms with Crippen molar-refractivity contribution < 1.29 is 4.79 Å². The van der Waals surface area contributed by atoms with Gasteiger partial charge in [-0.1, -0.05) is 85.5 Å². The lowest BCUT2D eigenvalue weighted by Crippen LogP contribution is -2.49. The minimum atomic E-state index is -0.236. The summed E-state index contributed by atoms with van der Waals surface area (Å²) in [6.07, 6.45) is 17.1. The number of fused-ring (bicyclic) bond motifs is 4. The third-order valence-electron chi connectivity index (χ3n) is 9.87. The summed E-state index contributed by atoms with van der Waals surface area (Å²) in [6, 6.07) is 0. The predicted octanol–water partition coefficient (Wildman–Crippen LogP) is 8.07. The number of ketones is 1. The molecule has 0 saturated carbocycles. The van der Waals surface area contributed by atoms with Gasteiger partial charge >= 0.3 is 0 Å². The molecule has 0 fully saturated rings. The fourth-order valence-corrected chi connectivity index (χ4v) is 7.97. The van der Waals surface area contributed by atoms with Crippen molar-refractivity contribution in [1.82, 2.24) is 0 Å². The minimum absolute atomic E-state index is 0.0636. The van der Waals surface area contributed by atoms with Crippen molar-refractivity contribution in [3.05, 3.63) is 34.9 Å². The summed E-state index contributed by atoms with van der Waals surface area (Å²) in [5.74, 6) is 3.20. The van der Waals surface area contributed by atoms with Gasteiger partial charge in [-0.25, -0.2) is 0 Å². The third-order valence-corrected chi connectivity index (χ3v) is 9.87. The van der Waals surface area contributed by atoms with E-state index in [2.05, 4.69) is 60.6 Å². The minimum Gasteiger partial charge on any atom is -0.294 e. The van der Waals surface area contributed by atoms with Gasteiger partial charge in [-0.3, -0.25) is 4.79 Å². The Bertz CT molecular complexity index is 806. The molecule has 0 heterocycles. The van der Waals surface area contributed by atoms with E-state index >= 15 is 0 Å². The van der Waals surface area contributed by atoms with E-state index < -0.39 is 0 Å². The van der Waals surface area contributed by atoms with E-state index in [1.165, 1.54) is 44.9 Å². The SMILES string of the molecule is CC(C)CCC[C@@H](C)[C@H]1CC=C2C3=C(CC[C@@]21C)[C@@]1(C)C=CC(=O)C(C)(C)[C@@H]1CC3. The van der Waals surface area contributed by atoms with Crippen molar-refractivity contribution in [2.75, 3.05) is 0 Å². The van der Waals surface area contributed by atoms with E-state index in [1.54, 1.807) is 16.7 Å². The molecular formula is C29H44O. The third kappa shape index (κ3) is 3.21. The first-order valence-corrected chi connectivity index (χ1v) is 12.7. The van der Waals surface area contributed by atoms with Gasteiger partial charge in [0.2, 0.25) is 0 Å². The lowest BCUT2D eigenvalue weighted by molar-refractivity contribution is -0.128. The van der Waals surface area contributed by atoms with Crippen molar-refractivity contribution in [3.63, 3.8) is 0 Å². The maximum Gasteiger partial charge on any atom is 0.161 e. The van der Waals surface area contributed by atoms with Gasteiger partial charge in [0.1, 0.15) is 0 Å². The molecule has 0 spiro atoms. The number of rotatable bonds is 5. The Kier molecular flexibility index (Phi) is 5.52. The van der Waals surface area contributed by atoms with Crippen LogP contribution in [0.1, 0.15) is 99.8 Å². The molecule has 30 heavy (non-hydrogen) atoms. The lowest BCUT2D eigenvalue weighted by Gasteiger charge is -2.55. The average molecular weight is 409 g/mol. The second-order valence-corrected chi connectivity index (χ2v) is 12.4. The van der Waals surface area contributed by atoms with Gasteiger partial charge in [-0.05, 0) is 78.4 Å². The van der Waals surface area contributed by atoms with Crippen LogP contribution in [0, 0.1) is 39.9 Å². The zero-order chi connectivity index (χ0) is 21.9. The van der Waals surface area contributed by atoms with Crippen molar-refractivity contribution in [2.24, 2.45) is 39.9 Å². The molecule has 0 aromatic heterocycles. The first kappa shape index (κ1) is 22.1. The first-order chi connectivity index (χ1) is 14.0. The van der Waals surface area contributed by atoms with Gasteiger partial charge in [-0.2, -0.15) is 0 Å². The molecule has 4 aliphatic carbocycles. The maximum atomic E-state index is 12.6. The summed E-state index contributed by atoms with van der Waals surface area (Å²) in [5.41, 5.74) is 5.26. The number of allylic oxidation sites excluding steroid dienone is 6. The first-order valence-electron chi connectivity index (χ1n) is 12.7. The van der Waals surface area contributed by atoms with E-state index in [0.717, 1.165) is 24.2 Å². The molecule has 0 aromatic carbocycles. The van der Waals surface area contributed by atoms with Gasteiger partial charge in [0.15, 0.2) is 5.78 Å². The van der Waals surface area contributed by atoms with Crippen molar-refractivity contribution >= 4 is 5.78 Å². The zero-order valence-electron chi connectivity index (χ0n) is 20.6. The second kappa shape index (κ2) is 7.49. The van der Waals surface area contributed by atoms with Gasteiger partial charge in [0.05, 0.1) is 0 Å². The molecule has 166 valence electrons. The Morgan fingerprint density at radius 2 is 1.80 bits per heavy atom. The number of hydrogen-bond acceptors (Lipinski definition) is 1. The standard InChI is InChI=1S/C29H44O/c1-19(2)9-8-10-20(3)22-12-13-23-21-11-14-25-27(4,5)26(30)16-18-29(25,7)24(21)15-17-28(22,23)6/h13,16,18-20,22,25H,8-12,14-15,17H2,1-7H3/t20-,22-,25+,28-,29-/m1/s1. The molecule has 4 rings (SSSR count). The second-order valence-electron chi connectivity index (χ2n) is 12.4. The summed E-state index contributed by atoms with van der Waals surface area (Å²) < 4.78 is 0. The van der Waals surface area contributed by atoms with Crippen LogP contribution in [0.2, 0.25) is 0 Å². The number of hydrogen-bond donors (Lipinski definition) is 0. The highest BCUT2D eigenvalue weighted by molar-refractivity contribution is 5.96. The Hall–Kier alpha value is -1.11. The van der Waals surface area contributed by atoms with Crippen molar-refractivity contribution in [3.8, 4) is 0 Å². The van der Waals surface area contributed by atoms with Crippen LogP contribution < -0.4 is 0 Å². The normalized spacial score (nSPS) is 38.3. The van der Waals surface area contributed by atoms with E-state index in [9.17, 15) is 4.79 Å². The Morgan fingerprint density at radius 3 is 2.50 bits per heavy atom. The van der Waals surface area contributed by atoms with Crippen molar-refractivity contribution in [1.29, 1.82) is 0 Å². The topological polar surface area (TPSA) is 17.1 Å². The molecular weight excluding hydrogens is 364 g/mol. The molecule has 0 unspecified atom stereocenters. The van der Waals surface area contributed by atoms with E-state index in [-0.39, 0.29) is 10.8 Å². The highest BCUT2D eigenvalue weighted by Crippen LogP contribution is 2.65. The van der Waals surface area contributed by atoms with Crippen LogP contribution in [-0.4, -0.2) is 5.78 Å². The van der Waals surface area contributed by atoms with Gasteiger partial charge in [0, 0.05) is 10.8 Å². The highest BCUT2D eigenvalue weighted by Gasteiger charge is 2.56. The molecule has 0 aromatic rings. The quantitative estimate of drug-likeness (QED) is 0.449. The van der Waals surface area contributed by atoms with Crippen LogP contribution in [0.3, 0.4) is 0 Å². The van der Waals surface area contributed by atoms with Crippen LogP contribution in [0.15, 0.2) is 34.9 Å². The maximum absolute atomic E-state index is 12.6. The van der Waals surface area contributed by atoms with E-state index in [0.29, 0.717) is 17.1 Å². The van der Waals surface area contributed by atoms with Gasteiger partial charge < -0.3 is 0 Å². The summed E-state index contributed by atoms with van der Waals surface area (Å²) in [6.45, 7) is 16.6. The molecule has 1 heteroatoms. The summed E-state index contributed by atoms with van der Waals surface area (Å²) in [5, 5.41) is 0. The predicted molar refractivity (Wildman–Crippen MR) is 127 cm³/mol. The lowest BCUT2D eigenvalue weighted by atomic mass is 9.48. The smallest absolute Gasteiger partial charge is 0.161 e. The van der Waals surface area contributed by atoms with Gasteiger partial charge in [-0.15, -0.1) is 0 Å². The molecule has 0 saturated heterocycles. The Labute approximate surface area is 185 Å². The Morgan fingerprint density at radius 1 is 1.07 bits per heavy atom. The fourth-order valence-electron chi connectivity index (χ4n) is 7.97. The molecule has 4 aliphatic rings. The number of carbonyl (C=O) groups is 1. The van der Waals surface area contributed by atoms with Crippen molar-refractivity contribution in [2.45, 2.75) is 99.8 Å². The largest absolute Gasteiger partial charge is 0.294 e. The van der Waals surface area contributed by atoms with Crippen LogP contribution in [-0.2, 0) is 4.79 Å². The summed E-state index contributed by atoms with van der Waals surface area (Å²) >= 11 is 0. The Balaban J connectivity index is 1.61. The van der Waals surface area contributed by atoms with E-state index in [4.69, 9.17) is 0 Å². The summed E-state index contributed by atoms with van der Waals surface area (Å²) in [4.78, 5) is 12.6. The van der Waals surface area contributed by atoms with Crippen LogP contribution >= 0.6 is 0 Å². The highest BCUT2D eigenvalue weighted by atomic mass is 16.1.